The van der Waals surface area contributed by atoms with Crippen LogP contribution in [0.4, 0.5) is 0 Å². The zero-order valence-electron chi connectivity index (χ0n) is 9.90. The van der Waals surface area contributed by atoms with Crippen LogP contribution in [0.25, 0.3) is 0 Å². The molecule has 1 aromatic heterocycles. The van der Waals surface area contributed by atoms with Crippen molar-refractivity contribution in [1.82, 2.24) is 14.7 Å². The van der Waals surface area contributed by atoms with Gasteiger partial charge in [0.2, 0.25) is 0 Å². The molecule has 16 heavy (non-hydrogen) atoms. The summed E-state index contributed by atoms with van der Waals surface area (Å²) in [5.74, 6) is 0.892. The van der Waals surface area contributed by atoms with Crippen LogP contribution >= 0.6 is 23.3 Å². The Bertz CT molecular complexity index is 321. The van der Waals surface area contributed by atoms with E-state index >= 15 is 0 Å². The first-order valence-corrected chi connectivity index (χ1v) is 7.59. The van der Waals surface area contributed by atoms with E-state index in [9.17, 15) is 0 Å². The zero-order chi connectivity index (χ0) is 11.4. The maximum atomic E-state index is 4.37. The Morgan fingerprint density at radius 1 is 1.50 bits per heavy atom. The van der Waals surface area contributed by atoms with Crippen LogP contribution < -0.4 is 5.32 Å². The predicted molar refractivity (Wildman–Crippen MR) is 70.2 cm³/mol. The second-order valence-electron chi connectivity index (χ2n) is 4.43. The van der Waals surface area contributed by atoms with Crippen LogP contribution in [0.15, 0.2) is 4.34 Å². The Morgan fingerprint density at radius 3 is 2.88 bits per heavy atom. The van der Waals surface area contributed by atoms with Crippen molar-refractivity contribution in [3.8, 4) is 0 Å². The fourth-order valence-corrected chi connectivity index (χ4v) is 3.91. The summed E-state index contributed by atoms with van der Waals surface area (Å²) in [4.78, 5) is 4.37. The zero-order valence-corrected chi connectivity index (χ0v) is 11.5. The molecule has 1 atom stereocenters. The van der Waals surface area contributed by atoms with Gasteiger partial charge in [0, 0.05) is 17.8 Å². The molecule has 3 nitrogen and oxygen atoms in total. The molecule has 2 rings (SSSR count). The molecule has 0 radical (unpaired) electrons. The summed E-state index contributed by atoms with van der Waals surface area (Å²) in [6.45, 7) is 5.28. The molecule has 90 valence electrons. The van der Waals surface area contributed by atoms with E-state index in [1.165, 1.54) is 37.2 Å². The van der Waals surface area contributed by atoms with Gasteiger partial charge in [-0.1, -0.05) is 31.5 Å². The van der Waals surface area contributed by atoms with E-state index in [0.717, 1.165) is 22.8 Å². The molecule has 1 N–H and O–H groups in total. The van der Waals surface area contributed by atoms with Crippen molar-refractivity contribution in [2.45, 2.75) is 55.2 Å². The second kappa shape index (κ2) is 5.98. The standard InChI is InChI=1S/C11H19N3S2/c1-8(7-12-10-5-3-4-6-10)15-11-13-9(2)14-16-11/h8,10,12H,3-7H2,1-2H3. The van der Waals surface area contributed by atoms with Crippen LogP contribution in [0.2, 0.25) is 0 Å². The minimum absolute atomic E-state index is 0.577. The van der Waals surface area contributed by atoms with Gasteiger partial charge < -0.3 is 5.32 Å². The van der Waals surface area contributed by atoms with Crippen molar-refractivity contribution < 1.29 is 0 Å². The first-order valence-electron chi connectivity index (χ1n) is 5.94. The minimum atomic E-state index is 0.577. The van der Waals surface area contributed by atoms with Gasteiger partial charge in [0.1, 0.15) is 5.82 Å². The minimum Gasteiger partial charge on any atom is -0.313 e. The summed E-state index contributed by atoms with van der Waals surface area (Å²) in [5, 5.41) is 4.22. The van der Waals surface area contributed by atoms with E-state index in [1.54, 1.807) is 0 Å². The van der Waals surface area contributed by atoms with Gasteiger partial charge in [0.05, 0.1) is 0 Å². The summed E-state index contributed by atoms with van der Waals surface area (Å²) in [6.07, 6.45) is 5.51. The highest BCUT2D eigenvalue weighted by Gasteiger charge is 2.15. The van der Waals surface area contributed by atoms with Crippen LogP contribution in [-0.2, 0) is 0 Å². The van der Waals surface area contributed by atoms with Gasteiger partial charge in [-0.15, -0.1) is 0 Å². The Balaban J connectivity index is 1.69. The molecule has 1 aliphatic rings. The van der Waals surface area contributed by atoms with Crippen molar-refractivity contribution in [3.63, 3.8) is 0 Å². The lowest BCUT2D eigenvalue weighted by Gasteiger charge is -2.15. The van der Waals surface area contributed by atoms with E-state index in [0.29, 0.717) is 5.25 Å². The number of hydrogen-bond donors (Lipinski definition) is 1. The van der Waals surface area contributed by atoms with E-state index < -0.39 is 0 Å². The van der Waals surface area contributed by atoms with Gasteiger partial charge in [0.25, 0.3) is 0 Å². The largest absolute Gasteiger partial charge is 0.313 e. The molecular weight excluding hydrogens is 238 g/mol. The third-order valence-electron chi connectivity index (χ3n) is 2.86. The highest BCUT2D eigenvalue weighted by molar-refractivity contribution is 8.01. The Hall–Kier alpha value is -0.130. The third-order valence-corrected chi connectivity index (χ3v) is 4.84. The Labute approximate surface area is 106 Å². The van der Waals surface area contributed by atoms with Gasteiger partial charge in [-0.3, -0.25) is 0 Å². The van der Waals surface area contributed by atoms with Crippen LogP contribution in [0.3, 0.4) is 0 Å². The number of thioether (sulfide) groups is 1. The van der Waals surface area contributed by atoms with Gasteiger partial charge in [-0.05, 0) is 31.3 Å². The molecule has 1 aromatic rings. The molecule has 0 amide bonds. The predicted octanol–water partition coefficient (Wildman–Crippen LogP) is 2.86. The van der Waals surface area contributed by atoms with E-state index in [4.69, 9.17) is 0 Å². The fourth-order valence-electron chi connectivity index (χ4n) is 2.00. The SMILES string of the molecule is Cc1nsc(SC(C)CNC2CCCC2)n1. The number of nitrogens with zero attached hydrogens (tertiary/aromatic N) is 2. The number of nitrogens with one attached hydrogen (secondary N) is 1. The van der Waals surface area contributed by atoms with Crippen LogP contribution in [0, 0.1) is 6.92 Å². The second-order valence-corrected chi connectivity index (χ2v) is 6.86. The lowest BCUT2D eigenvalue weighted by atomic mass is 10.2. The van der Waals surface area contributed by atoms with Crippen molar-refractivity contribution in [2.24, 2.45) is 0 Å². The maximum Gasteiger partial charge on any atom is 0.170 e. The third kappa shape index (κ3) is 3.71. The first kappa shape index (κ1) is 12.3. The molecular formula is C11H19N3S2. The molecule has 1 heterocycles. The Morgan fingerprint density at radius 2 is 2.25 bits per heavy atom. The number of rotatable bonds is 5. The van der Waals surface area contributed by atoms with Crippen molar-refractivity contribution in [3.05, 3.63) is 5.82 Å². The summed E-state index contributed by atoms with van der Waals surface area (Å²) >= 11 is 3.34. The maximum absolute atomic E-state index is 4.37. The van der Waals surface area contributed by atoms with E-state index in [1.807, 2.05) is 18.7 Å². The molecule has 0 aliphatic heterocycles. The lowest BCUT2D eigenvalue weighted by molar-refractivity contribution is 0.527. The molecule has 1 aliphatic carbocycles. The van der Waals surface area contributed by atoms with Crippen LogP contribution in [0.5, 0.6) is 0 Å². The van der Waals surface area contributed by atoms with Gasteiger partial charge >= 0.3 is 0 Å². The monoisotopic (exact) mass is 257 g/mol. The molecule has 5 heteroatoms. The first-order chi connectivity index (χ1) is 7.74. The summed E-state index contributed by atoms with van der Waals surface area (Å²) in [5.41, 5.74) is 0. The Kier molecular flexibility index (Phi) is 4.61. The topological polar surface area (TPSA) is 37.8 Å². The fraction of sp³-hybridized carbons (Fsp3) is 0.818. The van der Waals surface area contributed by atoms with Gasteiger partial charge in [-0.25, -0.2) is 4.98 Å². The highest BCUT2D eigenvalue weighted by Crippen LogP contribution is 2.25. The van der Waals surface area contributed by atoms with E-state index in [2.05, 4.69) is 21.6 Å². The van der Waals surface area contributed by atoms with Gasteiger partial charge in [-0.2, -0.15) is 4.37 Å². The average Bonchev–Trinajstić information content (AvgIpc) is 2.87. The summed E-state index contributed by atoms with van der Waals surface area (Å²) < 4.78 is 5.29. The van der Waals surface area contributed by atoms with Gasteiger partial charge in [0.15, 0.2) is 4.34 Å². The number of aryl methyl sites for hydroxylation is 1. The normalized spacial score (nSPS) is 19.1. The van der Waals surface area contributed by atoms with Crippen molar-refractivity contribution >= 4 is 23.3 Å². The van der Waals surface area contributed by atoms with Crippen molar-refractivity contribution in [1.29, 1.82) is 0 Å². The smallest absolute Gasteiger partial charge is 0.170 e. The molecule has 0 spiro atoms. The van der Waals surface area contributed by atoms with Crippen LogP contribution in [-0.4, -0.2) is 27.2 Å². The highest BCUT2D eigenvalue weighted by atomic mass is 32.2. The lowest BCUT2D eigenvalue weighted by Crippen LogP contribution is -2.31. The summed E-state index contributed by atoms with van der Waals surface area (Å²) in [6, 6.07) is 0.763. The van der Waals surface area contributed by atoms with Crippen molar-refractivity contribution in [2.75, 3.05) is 6.54 Å². The average molecular weight is 257 g/mol. The van der Waals surface area contributed by atoms with Crippen LogP contribution in [0.1, 0.15) is 38.4 Å². The van der Waals surface area contributed by atoms with E-state index in [-0.39, 0.29) is 0 Å². The molecule has 1 unspecified atom stereocenters. The number of hydrogen-bond acceptors (Lipinski definition) is 5. The molecule has 0 aromatic carbocycles. The quantitative estimate of drug-likeness (QED) is 0.823. The molecule has 1 fully saturated rings. The number of aromatic nitrogens is 2. The molecule has 0 saturated heterocycles. The summed E-state index contributed by atoms with van der Waals surface area (Å²) in [7, 11) is 0. The molecule has 1 saturated carbocycles. The molecule has 0 bridgehead atoms.